The first-order valence-corrected chi connectivity index (χ1v) is 0.651. The Morgan fingerprint density at radius 2 is 1.33 bits per heavy atom. The van der Waals surface area contributed by atoms with Crippen molar-refractivity contribution in [1.29, 1.82) is 0 Å². The van der Waals surface area contributed by atoms with Gasteiger partial charge in [0, 0.05) is 0 Å². The van der Waals surface area contributed by atoms with Gasteiger partial charge >= 0.3 is 35.7 Å². The van der Waals surface area contributed by atoms with Crippen LogP contribution < -0.4 is 0 Å². The molecule has 3 nitrogen and oxygen atoms in total. The molecule has 0 aromatic heterocycles. The van der Waals surface area contributed by atoms with Gasteiger partial charge in [-0.25, -0.2) is 4.79 Å². The maximum atomic E-state index is 8.56. The Balaban J connectivity index is -0.0000000450. The van der Waals surface area contributed by atoms with Crippen LogP contribution in [-0.4, -0.2) is 63.3 Å². The van der Waals surface area contributed by atoms with Gasteiger partial charge in [0.15, 0.2) is 17.4 Å². The van der Waals surface area contributed by atoms with Crippen molar-refractivity contribution in [3.63, 3.8) is 0 Å². The molecule has 0 rings (SSSR count). The van der Waals surface area contributed by atoms with Crippen LogP contribution in [0.15, 0.2) is 0 Å². The molecule has 0 aliphatic carbocycles. The molecular formula is CH6AlNaO3. The fourth-order valence-electron chi connectivity index (χ4n) is 0. The summed E-state index contributed by atoms with van der Waals surface area (Å²) in [7, 11) is 0. The summed E-state index contributed by atoms with van der Waals surface area (Å²) in [5.41, 5.74) is 0. The van der Waals surface area contributed by atoms with Gasteiger partial charge in [0.25, 0.3) is 0 Å². The molecule has 0 saturated carbocycles. The van der Waals surface area contributed by atoms with E-state index in [-0.39, 0.29) is 46.9 Å². The second-order valence-electron chi connectivity index (χ2n) is 0.283. The third kappa shape index (κ3) is 108. The van der Waals surface area contributed by atoms with Gasteiger partial charge in [0.2, 0.25) is 0 Å². The van der Waals surface area contributed by atoms with E-state index in [9.17, 15) is 0 Å². The average molecular weight is 116 g/mol. The van der Waals surface area contributed by atoms with Gasteiger partial charge in [0.1, 0.15) is 0 Å². The number of rotatable bonds is 0. The molecule has 5 heteroatoms. The number of hydrogen-bond donors (Lipinski definition) is 2. The summed E-state index contributed by atoms with van der Waals surface area (Å²) >= 11 is 0. The van der Waals surface area contributed by atoms with E-state index in [1.54, 1.807) is 0 Å². The Morgan fingerprint density at radius 3 is 1.33 bits per heavy atom. The molecule has 6 heavy (non-hydrogen) atoms. The Hall–Kier alpha value is 0.802. The molecule has 0 aromatic rings. The Bertz CT molecular complexity index is 33.8. The molecule has 0 heterocycles. The second kappa shape index (κ2) is 9.26. The second-order valence-corrected chi connectivity index (χ2v) is 0.283. The van der Waals surface area contributed by atoms with Crippen molar-refractivity contribution in [1.82, 2.24) is 0 Å². The van der Waals surface area contributed by atoms with Crippen molar-refractivity contribution in [2.75, 3.05) is 0 Å². The summed E-state index contributed by atoms with van der Waals surface area (Å²) in [5.74, 6) is 0. The fourth-order valence-corrected chi connectivity index (χ4v) is 0. The van der Waals surface area contributed by atoms with Crippen LogP contribution in [0.25, 0.3) is 0 Å². The number of carboxylic acid groups (broad SMARTS) is 2. The minimum absolute atomic E-state index is 0. The van der Waals surface area contributed by atoms with Crippen molar-refractivity contribution in [2.24, 2.45) is 0 Å². The molecule has 0 fully saturated rings. The topological polar surface area (TPSA) is 57.5 Å². The van der Waals surface area contributed by atoms with Crippen molar-refractivity contribution in [2.45, 2.75) is 0 Å². The average Bonchev–Trinajstić information content (AvgIpc) is 0.811. The Morgan fingerprint density at radius 1 is 1.33 bits per heavy atom. The fraction of sp³-hybridized carbons (Fsp3) is 0. The van der Waals surface area contributed by atoms with Gasteiger partial charge in [-0.05, 0) is 0 Å². The first-order valence-electron chi connectivity index (χ1n) is 0.651. The molecule has 32 valence electrons. The normalized spacial score (nSPS) is 4.00. The number of hydrogen-bond acceptors (Lipinski definition) is 1. The van der Waals surface area contributed by atoms with Crippen LogP contribution in [-0.2, 0) is 0 Å². The van der Waals surface area contributed by atoms with E-state index in [0.717, 1.165) is 0 Å². The van der Waals surface area contributed by atoms with Crippen molar-refractivity contribution in [3.05, 3.63) is 0 Å². The molecule has 0 saturated heterocycles. The van der Waals surface area contributed by atoms with E-state index in [1.807, 2.05) is 0 Å². The van der Waals surface area contributed by atoms with Gasteiger partial charge in [-0.15, -0.1) is 0 Å². The van der Waals surface area contributed by atoms with Crippen LogP contribution in [0, 0.1) is 0 Å². The first kappa shape index (κ1) is 15.8. The molecule has 0 bridgehead atoms. The maximum absolute atomic E-state index is 8.56. The van der Waals surface area contributed by atoms with Crippen LogP contribution in [0.5, 0.6) is 0 Å². The van der Waals surface area contributed by atoms with E-state index in [1.165, 1.54) is 0 Å². The minimum atomic E-state index is -1.83. The zero-order chi connectivity index (χ0) is 3.58. The first-order chi connectivity index (χ1) is 1.73. The van der Waals surface area contributed by atoms with E-state index in [2.05, 4.69) is 0 Å². The molecule has 0 aliphatic heterocycles. The third-order valence-corrected chi connectivity index (χ3v) is 0. The van der Waals surface area contributed by atoms with E-state index >= 15 is 0 Å². The molecule has 0 aromatic carbocycles. The summed E-state index contributed by atoms with van der Waals surface area (Å²) in [6.07, 6.45) is -1.83. The van der Waals surface area contributed by atoms with Crippen LogP contribution in [0.2, 0.25) is 0 Å². The SMILES string of the molecule is O=C(O)O.[AlH3].[NaH]. The third-order valence-electron chi connectivity index (χ3n) is 0. The number of carbonyl (C=O) groups is 1. The van der Waals surface area contributed by atoms with E-state index < -0.39 is 6.16 Å². The van der Waals surface area contributed by atoms with E-state index in [0.29, 0.717) is 0 Å². The summed E-state index contributed by atoms with van der Waals surface area (Å²) < 4.78 is 0. The van der Waals surface area contributed by atoms with Gasteiger partial charge in [-0.2, -0.15) is 0 Å². The van der Waals surface area contributed by atoms with Crippen molar-refractivity contribution < 1.29 is 15.0 Å². The standard InChI is InChI=1S/CH2O3.Al.Na.4H/c2-1(3)4;;;;;;/h(H2,2,3,4);;;;;;. The molecule has 0 atom stereocenters. The molecular weight excluding hydrogens is 110 g/mol. The van der Waals surface area contributed by atoms with Gasteiger partial charge < -0.3 is 10.2 Å². The predicted molar refractivity (Wildman–Crippen MR) is 27.7 cm³/mol. The van der Waals surface area contributed by atoms with Crippen LogP contribution in [0.4, 0.5) is 4.79 Å². The molecule has 0 unspecified atom stereocenters. The van der Waals surface area contributed by atoms with Crippen molar-refractivity contribution >= 4 is 53.1 Å². The summed E-state index contributed by atoms with van der Waals surface area (Å²) in [6, 6.07) is 0. The zero-order valence-corrected chi connectivity index (χ0v) is 1.80. The molecule has 0 amide bonds. The van der Waals surface area contributed by atoms with Crippen LogP contribution >= 0.6 is 0 Å². The summed E-state index contributed by atoms with van der Waals surface area (Å²) in [5, 5.41) is 13.9. The monoisotopic (exact) mass is 116 g/mol. The van der Waals surface area contributed by atoms with Gasteiger partial charge in [-0.3, -0.25) is 0 Å². The van der Waals surface area contributed by atoms with E-state index in [4.69, 9.17) is 15.0 Å². The van der Waals surface area contributed by atoms with Gasteiger partial charge in [0.05, 0.1) is 0 Å². The zero-order valence-electron chi connectivity index (χ0n) is 1.80. The van der Waals surface area contributed by atoms with Crippen molar-refractivity contribution in [3.8, 4) is 0 Å². The summed E-state index contributed by atoms with van der Waals surface area (Å²) in [6.45, 7) is 0. The predicted octanol–water partition coefficient (Wildman–Crippen LogP) is -1.61. The quantitative estimate of drug-likeness (QED) is 0.374. The Kier molecular flexibility index (Phi) is 24.4. The molecule has 2 N–H and O–H groups in total. The molecule has 0 spiro atoms. The Labute approximate surface area is 67.8 Å². The van der Waals surface area contributed by atoms with Crippen LogP contribution in [0.1, 0.15) is 0 Å². The molecule has 0 radical (unpaired) electrons. The van der Waals surface area contributed by atoms with Crippen LogP contribution in [0.3, 0.4) is 0 Å². The molecule has 0 aliphatic rings. The summed E-state index contributed by atoms with van der Waals surface area (Å²) in [4.78, 5) is 8.56. The van der Waals surface area contributed by atoms with Gasteiger partial charge in [-0.1, -0.05) is 0 Å².